The van der Waals surface area contributed by atoms with Gasteiger partial charge in [-0.2, -0.15) is 0 Å². The van der Waals surface area contributed by atoms with Gasteiger partial charge in [-0.25, -0.2) is 0 Å². The quantitative estimate of drug-likeness (QED) is 0.123. The van der Waals surface area contributed by atoms with Crippen molar-refractivity contribution >= 4 is 76.9 Å². The van der Waals surface area contributed by atoms with Gasteiger partial charge in [-0.3, -0.25) is 0 Å². The van der Waals surface area contributed by atoms with Gasteiger partial charge in [-0.15, -0.1) is 0 Å². The second kappa shape index (κ2) is 15.4. The van der Waals surface area contributed by atoms with Gasteiger partial charge in [0.05, 0.1) is 0 Å². The number of fused-ring (bicyclic) bond motifs is 7. The molecule has 0 spiro atoms. The van der Waals surface area contributed by atoms with Gasteiger partial charge in [0.15, 0.2) is 0 Å². The van der Waals surface area contributed by atoms with E-state index in [4.69, 9.17) is 15.0 Å². The molecule has 65 heavy (non-hydrogen) atoms. The maximum atomic E-state index is 5.26. The van der Waals surface area contributed by atoms with E-state index in [9.17, 15) is 0 Å². The van der Waals surface area contributed by atoms with Crippen molar-refractivity contribution in [2.45, 2.75) is 0 Å². The Bertz CT molecular complexity index is 3820. The topological polar surface area (TPSA) is 38.7 Å². The molecule has 0 unspecified atom stereocenters. The molecule has 302 valence electrons. The fourth-order valence-corrected chi connectivity index (χ4v) is 12.6. The minimum Gasteiger partial charge on any atom is -0.0615 e. The van der Waals surface area contributed by atoms with Crippen molar-refractivity contribution in [2.75, 3.05) is 0 Å². The summed E-state index contributed by atoms with van der Waals surface area (Å²) in [5, 5.41) is 12.3. The van der Waals surface area contributed by atoms with Gasteiger partial charge in [-0.05, 0) is 0 Å². The van der Waals surface area contributed by atoms with Crippen molar-refractivity contribution in [3.8, 4) is 67.5 Å². The third kappa shape index (κ3) is 6.14. The van der Waals surface area contributed by atoms with Crippen LogP contribution in [-0.2, 0) is 0 Å². The third-order valence-corrected chi connectivity index (χ3v) is 15.2. The van der Waals surface area contributed by atoms with Crippen molar-refractivity contribution in [2.24, 2.45) is 0 Å². The molecule has 2 heterocycles. The van der Waals surface area contributed by atoms with E-state index >= 15 is 0 Å². The average molecular weight is 891 g/mol. The summed E-state index contributed by atoms with van der Waals surface area (Å²) in [6.07, 6.45) is 0. The summed E-state index contributed by atoms with van der Waals surface area (Å²) in [5.41, 5.74) is 10.5. The first-order valence-corrected chi connectivity index (χ1v) is 23.7. The van der Waals surface area contributed by atoms with Crippen LogP contribution in [-0.4, -0.2) is 29.5 Å². The Balaban J connectivity index is 1.04. The summed E-state index contributed by atoms with van der Waals surface area (Å²) in [6.45, 7) is 0. The second-order valence-corrected chi connectivity index (χ2v) is 18.9. The molecule has 0 aliphatic rings. The van der Waals surface area contributed by atoms with Crippen LogP contribution in [0.3, 0.4) is 0 Å². The molecular formula is C61H37N3Se. The van der Waals surface area contributed by atoms with Crippen molar-refractivity contribution in [1.29, 1.82) is 0 Å². The van der Waals surface area contributed by atoms with Gasteiger partial charge in [0, 0.05) is 0 Å². The average Bonchev–Trinajstić information content (AvgIpc) is 3.76. The molecule has 0 radical (unpaired) electrons. The molecule has 3 nitrogen and oxygen atoms in total. The van der Waals surface area contributed by atoms with E-state index in [2.05, 4.69) is 188 Å². The maximum absolute atomic E-state index is 5.26. The third-order valence-electron chi connectivity index (χ3n) is 12.9. The molecule has 0 saturated heterocycles. The molecule has 11 aromatic carbocycles. The van der Waals surface area contributed by atoms with Crippen LogP contribution in [0.25, 0.3) is 130 Å². The molecule has 4 heteroatoms. The molecule has 0 bridgehead atoms. The Morgan fingerprint density at radius 3 is 1.14 bits per heavy atom. The van der Waals surface area contributed by atoms with Gasteiger partial charge in [0.2, 0.25) is 0 Å². The standard InChI is InChI=1S/C61H37N3Se/c1-4-19-38(20-5-1)54-42-25-10-12-27-44(42)55(45-28-13-11-26-43(45)54)41-35-36-50-53(37-41)65-52-34-18-33-51(57(50)52)56-46-29-14-16-31-48(46)58(49-32-17-15-30-47(49)56)61-63-59(39-21-6-2-7-22-39)62-60(64-61)40-23-8-3-9-24-40/h1-37H. The summed E-state index contributed by atoms with van der Waals surface area (Å²) in [4.78, 5) is 15.6. The summed E-state index contributed by atoms with van der Waals surface area (Å²) in [6, 6.07) is 81.0. The van der Waals surface area contributed by atoms with E-state index < -0.39 is 0 Å². The number of hydrogen-bond donors (Lipinski definition) is 0. The zero-order valence-corrected chi connectivity index (χ0v) is 36.8. The van der Waals surface area contributed by atoms with Crippen molar-refractivity contribution in [1.82, 2.24) is 15.0 Å². The van der Waals surface area contributed by atoms with Crippen molar-refractivity contribution in [3.63, 3.8) is 0 Å². The Kier molecular flexibility index (Phi) is 8.87. The first-order chi connectivity index (χ1) is 32.3. The Hall–Kier alpha value is -8.01. The molecule has 0 aliphatic heterocycles. The number of aromatic nitrogens is 3. The molecule has 0 atom stereocenters. The van der Waals surface area contributed by atoms with Crippen LogP contribution in [0.5, 0.6) is 0 Å². The first-order valence-electron chi connectivity index (χ1n) is 22.0. The zero-order chi connectivity index (χ0) is 42.8. The Morgan fingerprint density at radius 1 is 0.246 bits per heavy atom. The van der Waals surface area contributed by atoms with Gasteiger partial charge in [-0.1, -0.05) is 36.4 Å². The molecule has 13 rings (SSSR count). The van der Waals surface area contributed by atoms with Crippen LogP contribution >= 0.6 is 0 Å². The summed E-state index contributed by atoms with van der Waals surface area (Å²) >= 11 is 0.115. The molecule has 13 aromatic rings. The van der Waals surface area contributed by atoms with E-state index in [1.54, 1.807) is 0 Å². The SMILES string of the molecule is c1ccc(-c2nc(-c3ccccc3)nc(-c3c4ccccc4c(-c4cccc5[se]c6cc(-c7c8ccccc8c(-c8ccccc8)c8ccccc78)ccc6c45)c4ccccc34)n2)cc1. The smallest absolute Gasteiger partial charge is 0.0615 e. The van der Waals surface area contributed by atoms with Gasteiger partial charge in [0.1, 0.15) is 0 Å². The van der Waals surface area contributed by atoms with E-state index in [-0.39, 0.29) is 14.5 Å². The minimum absolute atomic E-state index is 0.115. The summed E-state index contributed by atoms with van der Waals surface area (Å²) in [7, 11) is 0. The van der Waals surface area contributed by atoms with Crippen LogP contribution in [0.4, 0.5) is 0 Å². The fraction of sp³-hybridized carbons (Fsp3) is 0. The number of benzene rings is 11. The number of nitrogens with zero attached hydrogens (tertiary/aromatic N) is 3. The molecule has 0 amide bonds. The van der Waals surface area contributed by atoms with Crippen LogP contribution in [0.2, 0.25) is 0 Å². The zero-order valence-electron chi connectivity index (χ0n) is 35.1. The monoisotopic (exact) mass is 891 g/mol. The molecule has 2 aromatic heterocycles. The van der Waals surface area contributed by atoms with Gasteiger partial charge < -0.3 is 0 Å². The predicted octanol–water partition coefficient (Wildman–Crippen LogP) is 15.8. The van der Waals surface area contributed by atoms with Crippen LogP contribution < -0.4 is 0 Å². The van der Waals surface area contributed by atoms with E-state index in [0.29, 0.717) is 17.5 Å². The van der Waals surface area contributed by atoms with E-state index in [0.717, 1.165) is 27.5 Å². The number of rotatable bonds is 6. The van der Waals surface area contributed by atoms with Gasteiger partial charge >= 0.3 is 347 Å². The second-order valence-electron chi connectivity index (χ2n) is 16.6. The molecule has 0 saturated carbocycles. The Morgan fingerprint density at radius 2 is 0.646 bits per heavy atom. The fourth-order valence-electron chi connectivity index (χ4n) is 10.1. The van der Waals surface area contributed by atoms with E-state index in [1.807, 2.05) is 36.4 Å². The molecule has 0 fully saturated rings. The molecular weight excluding hydrogens is 854 g/mol. The van der Waals surface area contributed by atoms with Crippen LogP contribution in [0.15, 0.2) is 224 Å². The van der Waals surface area contributed by atoms with Gasteiger partial charge in [0.25, 0.3) is 0 Å². The predicted molar refractivity (Wildman–Crippen MR) is 274 cm³/mol. The van der Waals surface area contributed by atoms with Crippen LogP contribution in [0, 0.1) is 0 Å². The van der Waals surface area contributed by atoms with Crippen molar-refractivity contribution in [3.05, 3.63) is 224 Å². The minimum atomic E-state index is 0.115. The van der Waals surface area contributed by atoms with Crippen molar-refractivity contribution < 1.29 is 0 Å². The summed E-state index contributed by atoms with van der Waals surface area (Å²) < 4.78 is 2.82. The Labute approximate surface area is 381 Å². The van der Waals surface area contributed by atoms with E-state index in [1.165, 1.54) is 85.0 Å². The van der Waals surface area contributed by atoms with Crippen LogP contribution in [0.1, 0.15) is 0 Å². The normalized spacial score (nSPS) is 11.7. The molecule has 0 N–H and O–H groups in total. The number of hydrogen-bond acceptors (Lipinski definition) is 3. The first kappa shape index (κ1) is 37.5. The summed E-state index contributed by atoms with van der Waals surface area (Å²) in [5.74, 6) is 1.96. The molecule has 0 aliphatic carbocycles.